The van der Waals surface area contributed by atoms with Crippen LogP contribution >= 0.6 is 0 Å². The molecule has 0 heterocycles. The number of amidine groups is 1. The van der Waals surface area contributed by atoms with E-state index in [1.54, 1.807) is 5.01 Å². The molecular weight excluding hydrogens is 278 g/mol. The fourth-order valence-electron chi connectivity index (χ4n) is 1.87. The Morgan fingerprint density at radius 2 is 1.77 bits per heavy atom. The molecule has 6 nitrogen and oxygen atoms in total. The van der Waals surface area contributed by atoms with E-state index in [0.29, 0.717) is 13.0 Å². The van der Waals surface area contributed by atoms with Crippen molar-refractivity contribution in [1.82, 2.24) is 0 Å². The van der Waals surface area contributed by atoms with Crippen LogP contribution < -0.4 is 16.2 Å². The lowest BCUT2D eigenvalue weighted by atomic mass is 10.2. The van der Waals surface area contributed by atoms with E-state index in [0.717, 1.165) is 16.9 Å². The van der Waals surface area contributed by atoms with E-state index >= 15 is 0 Å². The number of nitrogens with two attached hydrogens (primary N) is 2. The molecule has 0 spiro atoms. The van der Waals surface area contributed by atoms with Gasteiger partial charge in [0, 0.05) is 13.2 Å². The van der Waals surface area contributed by atoms with Crippen molar-refractivity contribution in [2.24, 2.45) is 16.1 Å². The van der Waals surface area contributed by atoms with Gasteiger partial charge >= 0.3 is 0 Å². The Hall–Kier alpha value is -2.73. The summed E-state index contributed by atoms with van der Waals surface area (Å²) >= 11 is 0. The van der Waals surface area contributed by atoms with Crippen molar-refractivity contribution in [2.45, 2.75) is 6.42 Å². The molecule has 5 N–H and O–H groups in total. The summed E-state index contributed by atoms with van der Waals surface area (Å²) in [4.78, 5) is 0. The summed E-state index contributed by atoms with van der Waals surface area (Å²) in [5.74, 6) is 0.277. The van der Waals surface area contributed by atoms with Crippen LogP contribution in [0.2, 0.25) is 0 Å². The fraction of sp³-hybridized carbons (Fsp3) is 0.188. The van der Waals surface area contributed by atoms with Gasteiger partial charge in [0.1, 0.15) is 0 Å². The maximum absolute atomic E-state index is 9.03. The predicted molar refractivity (Wildman–Crippen MR) is 86.7 cm³/mol. The van der Waals surface area contributed by atoms with Crippen LogP contribution in [0.15, 0.2) is 64.9 Å². The topological polar surface area (TPSA) is 99.8 Å². The molecule has 0 atom stereocenters. The number of aliphatic hydroxyl groups excluding tert-OH is 1. The van der Waals surface area contributed by atoms with E-state index < -0.39 is 0 Å². The van der Waals surface area contributed by atoms with Gasteiger partial charge in [0.25, 0.3) is 5.84 Å². The standard InChI is InChI=1S/C16H19N5O/c17-16(18)13-7-9-15(10-8-13)21(11-4-12-22)20-19-14-5-2-1-3-6-14/h1-3,5-10,22H,4,11-12H2,(H3,17,18)/p+1. The molecule has 0 saturated heterocycles. The van der Waals surface area contributed by atoms with E-state index in [1.807, 2.05) is 54.6 Å². The minimum atomic E-state index is 0.0962. The van der Waals surface area contributed by atoms with Gasteiger partial charge in [0.05, 0.1) is 16.9 Å². The Balaban J connectivity index is 2.18. The molecule has 2 aromatic rings. The first-order valence-corrected chi connectivity index (χ1v) is 7.04. The number of anilines is 1. The SMILES string of the molecule is NC(=[NH2+])c1ccc(N(CCCO)N=Nc2ccccc2)cc1. The van der Waals surface area contributed by atoms with Gasteiger partial charge < -0.3 is 5.11 Å². The van der Waals surface area contributed by atoms with Crippen molar-refractivity contribution in [1.29, 1.82) is 0 Å². The average molecular weight is 298 g/mol. The fourth-order valence-corrected chi connectivity index (χ4v) is 1.87. The zero-order valence-electron chi connectivity index (χ0n) is 12.3. The van der Waals surface area contributed by atoms with Crippen molar-refractivity contribution in [2.75, 3.05) is 18.2 Å². The summed E-state index contributed by atoms with van der Waals surface area (Å²) in [5, 5.41) is 24.8. The maximum atomic E-state index is 9.03. The third-order valence-corrected chi connectivity index (χ3v) is 3.05. The molecule has 0 aliphatic carbocycles. The highest BCUT2D eigenvalue weighted by Gasteiger charge is 2.07. The van der Waals surface area contributed by atoms with Crippen molar-refractivity contribution in [3.63, 3.8) is 0 Å². The molecule has 2 rings (SSSR count). The first-order valence-electron chi connectivity index (χ1n) is 7.04. The van der Waals surface area contributed by atoms with Crippen LogP contribution in [-0.2, 0) is 0 Å². The lowest BCUT2D eigenvalue weighted by molar-refractivity contribution is -0.114. The van der Waals surface area contributed by atoms with E-state index in [2.05, 4.69) is 10.3 Å². The van der Waals surface area contributed by atoms with Gasteiger partial charge in [-0.25, -0.2) is 5.01 Å². The summed E-state index contributed by atoms with van der Waals surface area (Å²) in [5.41, 5.74) is 7.96. The maximum Gasteiger partial charge on any atom is 0.270 e. The molecule has 22 heavy (non-hydrogen) atoms. The Morgan fingerprint density at radius 3 is 2.36 bits per heavy atom. The average Bonchev–Trinajstić information content (AvgIpc) is 2.56. The van der Waals surface area contributed by atoms with Crippen LogP contribution in [0.5, 0.6) is 0 Å². The lowest BCUT2D eigenvalue weighted by Gasteiger charge is -2.17. The van der Waals surface area contributed by atoms with Crippen molar-refractivity contribution >= 4 is 17.2 Å². The number of rotatable bonds is 7. The predicted octanol–water partition coefficient (Wildman–Crippen LogP) is 1.04. The first-order chi connectivity index (χ1) is 10.7. The molecular formula is C16H20N5O+. The number of hydrogen-bond donors (Lipinski definition) is 3. The van der Waals surface area contributed by atoms with Gasteiger partial charge in [-0.3, -0.25) is 11.1 Å². The molecule has 6 heteroatoms. The van der Waals surface area contributed by atoms with Crippen LogP contribution in [0.4, 0.5) is 11.4 Å². The monoisotopic (exact) mass is 298 g/mol. The molecule has 0 bridgehead atoms. The van der Waals surface area contributed by atoms with Gasteiger partial charge in [-0.15, -0.1) is 5.11 Å². The van der Waals surface area contributed by atoms with Gasteiger partial charge in [0.2, 0.25) is 0 Å². The minimum Gasteiger partial charge on any atom is -0.396 e. The zero-order valence-corrected chi connectivity index (χ0v) is 12.3. The van der Waals surface area contributed by atoms with Gasteiger partial charge in [-0.05, 0) is 42.8 Å². The summed E-state index contributed by atoms with van der Waals surface area (Å²) in [6.45, 7) is 0.660. The molecule has 0 fully saturated rings. The quantitative estimate of drug-likeness (QED) is 0.308. The van der Waals surface area contributed by atoms with E-state index in [1.165, 1.54) is 0 Å². The van der Waals surface area contributed by atoms with Crippen LogP contribution in [0.25, 0.3) is 0 Å². The normalized spacial score (nSPS) is 10.8. The highest BCUT2D eigenvalue weighted by atomic mass is 16.3. The van der Waals surface area contributed by atoms with Crippen LogP contribution in [0.1, 0.15) is 12.0 Å². The molecule has 0 amide bonds. The van der Waals surface area contributed by atoms with Crippen LogP contribution in [-0.4, -0.2) is 24.1 Å². The van der Waals surface area contributed by atoms with Crippen molar-refractivity contribution in [3.05, 3.63) is 60.2 Å². The first kappa shape index (κ1) is 15.7. The molecule has 2 aromatic carbocycles. The largest absolute Gasteiger partial charge is 0.396 e. The third-order valence-electron chi connectivity index (χ3n) is 3.05. The third kappa shape index (κ3) is 4.39. The van der Waals surface area contributed by atoms with Crippen molar-refractivity contribution in [3.8, 4) is 0 Å². The number of nitrogens with zero attached hydrogens (tertiary/aromatic N) is 3. The summed E-state index contributed by atoms with van der Waals surface area (Å²) in [6, 6.07) is 16.9. The second-order valence-electron chi connectivity index (χ2n) is 4.73. The molecule has 0 radical (unpaired) electrons. The highest BCUT2D eigenvalue weighted by molar-refractivity contribution is 5.92. The molecule has 0 aliphatic heterocycles. The van der Waals surface area contributed by atoms with Crippen LogP contribution in [0, 0.1) is 0 Å². The molecule has 0 aromatic heterocycles. The summed E-state index contributed by atoms with van der Waals surface area (Å²) in [7, 11) is 0. The highest BCUT2D eigenvalue weighted by Crippen LogP contribution is 2.18. The number of benzene rings is 2. The molecule has 0 aliphatic rings. The molecule has 114 valence electrons. The second-order valence-corrected chi connectivity index (χ2v) is 4.73. The molecule has 0 unspecified atom stereocenters. The van der Waals surface area contributed by atoms with Gasteiger partial charge in [-0.1, -0.05) is 23.4 Å². The minimum absolute atomic E-state index is 0.0962. The number of aliphatic hydroxyl groups is 1. The Morgan fingerprint density at radius 1 is 1.09 bits per heavy atom. The van der Waals surface area contributed by atoms with E-state index in [-0.39, 0.29) is 12.4 Å². The zero-order chi connectivity index (χ0) is 15.8. The van der Waals surface area contributed by atoms with Gasteiger partial charge in [0.15, 0.2) is 0 Å². The second kappa shape index (κ2) is 7.90. The Kier molecular flexibility index (Phi) is 5.62. The van der Waals surface area contributed by atoms with E-state index in [9.17, 15) is 0 Å². The van der Waals surface area contributed by atoms with Crippen LogP contribution in [0.3, 0.4) is 0 Å². The number of hydrogen-bond acceptors (Lipinski definition) is 3. The Labute approximate surface area is 129 Å². The van der Waals surface area contributed by atoms with Crippen molar-refractivity contribution < 1.29 is 10.5 Å². The summed E-state index contributed by atoms with van der Waals surface area (Å²) < 4.78 is 0. The lowest BCUT2D eigenvalue weighted by Crippen LogP contribution is -2.46. The molecule has 0 saturated carbocycles. The smallest absolute Gasteiger partial charge is 0.270 e. The Bertz CT molecular complexity index is 625. The van der Waals surface area contributed by atoms with E-state index in [4.69, 9.17) is 16.2 Å². The summed E-state index contributed by atoms with van der Waals surface area (Å²) in [6.07, 6.45) is 0.598. The van der Waals surface area contributed by atoms with Gasteiger partial charge in [-0.2, -0.15) is 0 Å².